The smallest absolute Gasteiger partial charge is 0.417 e. The molecule has 2 N–H and O–H groups in total. The van der Waals surface area contributed by atoms with Gasteiger partial charge in [0.05, 0.1) is 12.6 Å². The minimum absolute atomic E-state index is 0.293. The number of nitrogens with one attached hydrogen (secondary N) is 2. The third kappa shape index (κ3) is 3.60. The van der Waals surface area contributed by atoms with Crippen LogP contribution in [0.5, 0.6) is 5.75 Å². The van der Waals surface area contributed by atoms with Crippen LogP contribution in [0.1, 0.15) is 5.56 Å². The third-order valence-corrected chi connectivity index (χ3v) is 4.78. The number of anilines is 1. The maximum absolute atomic E-state index is 12.4. The zero-order valence-electron chi connectivity index (χ0n) is 13.5. The van der Waals surface area contributed by atoms with Gasteiger partial charge < -0.3 is 9.15 Å². The second-order valence-corrected chi connectivity index (χ2v) is 6.88. The molecule has 8 nitrogen and oxygen atoms in total. The van der Waals surface area contributed by atoms with Crippen LogP contribution in [0.15, 0.2) is 56.6 Å². The van der Waals surface area contributed by atoms with Gasteiger partial charge in [0.1, 0.15) is 11.8 Å². The molecule has 0 saturated carbocycles. The highest BCUT2D eigenvalue weighted by Crippen LogP contribution is 2.21. The van der Waals surface area contributed by atoms with E-state index in [1.165, 1.54) is 37.5 Å². The van der Waals surface area contributed by atoms with Crippen molar-refractivity contribution in [1.82, 2.24) is 4.98 Å². The number of sulfonamides is 1. The molecule has 3 rings (SSSR count). The molecule has 0 bridgehead atoms. The molecule has 0 amide bonds. The van der Waals surface area contributed by atoms with Crippen molar-refractivity contribution in [3.8, 4) is 11.8 Å². The number of oxazole rings is 1. The van der Waals surface area contributed by atoms with Crippen LogP contribution < -0.4 is 15.2 Å². The van der Waals surface area contributed by atoms with E-state index in [1.54, 1.807) is 24.3 Å². The Labute approximate surface area is 148 Å². The average molecular weight is 371 g/mol. The lowest BCUT2D eigenvalue weighted by atomic mass is 10.2. The number of fused-ring (bicyclic) bond motifs is 1. The van der Waals surface area contributed by atoms with Gasteiger partial charge in [0, 0.05) is 5.69 Å². The minimum Gasteiger partial charge on any atom is -0.497 e. The first-order chi connectivity index (χ1) is 12.4. The number of aromatic amines is 1. The number of hydrogen-bond acceptors (Lipinski definition) is 6. The van der Waals surface area contributed by atoms with E-state index in [2.05, 4.69) is 9.71 Å². The first-order valence-corrected chi connectivity index (χ1v) is 8.81. The Kier molecular flexibility index (Phi) is 4.51. The number of hydrogen-bond donors (Lipinski definition) is 2. The lowest BCUT2D eigenvalue weighted by Crippen LogP contribution is -2.14. The molecule has 0 radical (unpaired) electrons. The maximum atomic E-state index is 12.4. The molecule has 0 atom stereocenters. The number of aromatic nitrogens is 1. The summed E-state index contributed by atoms with van der Waals surface area (Å²) in [6, 6.07) is 12.5. The summed E-state index contributed by atoms with van der Waals surface area (Å²) in [5.74, 6) is -0.0400. The van der Waals surface area contributed by atoms with E-state index in [-0.39, 0.29) is 0 Å². The maximum Gasteiger partial charge on any atom is 0.417 e. The second kappa shape index (κ2) is 6.78. The van der Waals surface area contributed by atoms with Gasteiger partial charge in [-0.1, -0.05) is 6.07 Å². The zero-order chi connectivity index (χ0) is 18.7. The van der Waals surface area contributed by atoms with E-state index in [0.29, 0.717) is 28.1 Å². The standard InChI is InChI=1S/C17H13N3O5S/c1-24-13-5-3-12(4-6-13)20-26(22,23)14(10-18)8-11-2-7-16-15(9-11)19-17(21)25-16/h2-9,20H,1H3,(H,19,21). The summed E-state index contributed by atoms with van der Waals surface area (Å²) < 4.78 is 37.1. The first-order valence-electron chi connectivity index (χ1n) is 7.33. The Hall–Kier alpha value is -3.51. The average Bonchev–Trinajstić information content (AvgIpc) is 2.99. The number of methoxy groups -OCH3 is 1. The molecular weight excluding hydrogens is 358 g/mol. The van der Waals surface area contributed by atoms with Crippen LogP contribution in [0.4, 0.5) is 5.69 Å². The minimum atomic E-state index is -4.08. The molecule has 132 valence electrons. The molecule has 0 aliphatic carbocycles. The number of allylic oxidation sites excluding steroid dienone is 1. The second-order valence-electron chi connectivity index (χ2n) is 5.22. The summed E-state index contributed by atoms with van der Waals surface area (Å²) in [6.07, 6.45) is 1.20. The molecule has 0 unspecified atom stereocenters. The summed E-state index contributed by atoms with van der Waals surface area (Å²) in [4.78, 5) is 13.2. The normalized spacial score (nSPS) is 11.9. The van der Waals surface area contributed by atoms with Crippen molar-refractivity contribution in [2.75, 3.05) is 11.8 Å². The number of nitrogens with zero attached hydrogens (tertiary/aromatic N) is 1. The van der Waals surface area contributed by atoms with Crippen molar-refractivity contribution in [2.24, 2.45) is 0 Å². The topological polar surface area (TPSA) is 125 Å². The van der Waals surface area contributed by atoms with Gasteiger partial charge >= 0.3 is 5.76 Å². The number of nitriles is 1. The monoisotopic (exact) mass is 371 g/mol. The van der Waals surface area contributed by atoms with Crippen LogP contribution in [0.2, 0.25) is 0 Å². The van der Waals surface area contributed by atoms with Crippen molar-refractivity contribution in [1.29, 1.82) is 5.26 Å². The zero-order valence-corrected chi connectivity index (χ0v) is 14.3. The highest BCUT2D eigenvalue weighted by Gasteiger charge is 2.18. The molecule has 1 heterocycles. The van der Waals surface area contributed by atoms with Crippen LogP contribution in [-0.2, 0) is 10.0 Å². The van der Waals surface area contributed by atoms with Gasteiger partial charge in [-0.25, -0.2) is 13.2 Å². The van der Waals surface area contributed by atoms with E-state index in [1.807, 2.05) is 0 Å². The van der Waals surface area contributed by atoms with Crippen LogP contribution in [0.25, 0.3) is 17.2 Å². The fraction of sp³-hybridized carbons (Fsp3) is 0.0588. The number of benzene rings is 2. The van der Waals surface area contributed by atoms with Crippen LogP contribution >= 0.6 is 0 Å². The molecule has 0 aliphatic rings. The van der Waals surface area contributed by atoms with Crippen LogP contribution in [0, 0.1) is 11.3 Å². The van der Waals surface area contributed by atoms with Gasteiger partial charge in [0.2, 0.25) is 0 Å². The predicted molar refractivity (Wildman–Crippen MR) is 96.0 cm³/mol. The van der Waals surface area contributed by atoms with Crippen LogP contribution in [-0.4, -0.2) is 20.5 Å². The predicted octanol–water partition coefficient (Wildman–Crippen LogP) is 2.44. The van der Waals surface area contributed by atoms with Gasteiger partial charge in [0.25, 0.3) is 10.0 Å². The van der Waals surface area contributed by atoms with E-state index in [4.69, 9.17) is 9.15 Å². The highest BCUT2D eigenvalue weighted by atomic mass is 32.2. The Morgan fingerprint density at radius 3 is 2.65 bits per heavy atom. The molecule has 0 spiro atoms. The van der Waals surface area contributed by atoms with E-state index >= 15 is 0 Å². The fourth-order valence-electron chi connectivity index (χ4n) is 2.25. The summed E-state index contributed by atoms with van der Waals surface area (Å²) in [5, 5.41) is 9.27. The van der Waals surface area contributed by atoms with Crippen molar-refractivity contribution in [3.63, 3.8) is 0 Å². The lowest BCUT2D eigenvalue weighted by Gasteiger charge is -2.08. The SMILES string of the molecule is COc1ccc(NS(=O)(=O)C(C#N)=Cc2ccc3oc(=O)[nH]c3c2)cc1. The Morgan fingerprint density at radius 1 is 1.27 bits per heavy atom. The Balaban J connectivity index is 1.92. The van der Waals surface area contributed by atoms with Crippen molar-refractivity contribution in [2.45, 2.75) is 0 Å². The highest BCUT2D eigenvalue weighted by molar-refractivity contribution is 7.96. The van der Waals surface area contributed by atoms with Gasteiger partial charge in [-0.3, -0.25) is 9.71 Å². The molecule has 1 aromatic heterocycles. The Bertz CT molecular complexity index is 1180. The molecule has 0 fully saturated rings. The van der Waals surface area contributed by atoms with Crippen LogP contribution in [0.3, 0.4) is 0 Å². The summed E-state index contributed by atoms with van der Waals surface area (Å²) in [5.41, 5.74) is 1.46. The molecular formula is C17H13N3O5S. The van der Waals surface area contributed by atoms with Gasteiger partial charge in [-0.05, 0) is 48.0 Å². The van der Waals surface area contributed by atoms with Gasteiger partial charge in [0.15, 0.2) is 10.5 Å². The lowest BCUT2D eigenvalue weighted by molar-refractivity contribution is 0.415. The summed E-state index contributed by atoms with van der Waals surface area (Å²) in [7, 11) is -2.58. The quantitative estimate of drug-likeness (QED) is 0.664. The van der Waals surface area contributed by atoms with Gasteiger partial charge in [-0.2, -0.15) is 5.26 Å². The molecule has 0 aliphatic heterocycles. The Morgan fingerprint density at radius 2 is 2.00 bits per heavy atom. The van der Waals surface area contributed by atoms with Crippen molar-refractivity contribution >= 4 is 32.9 Å². The number of H-pyrrole nitrogens is 1. The van der Waals surface area contributed by atoms with Gasteiger partial charge in [-0.15, -0.1) is 0 Å². The van der Waals surface area contributed by atoms with E-state index < -0.39 is 20.7 Å². The van der Waals surface area contributed by atoms with E-state index in [9.17, 15) is 18.5 Å². The molecule has 3 aromatic rings. The third-order valence-electron chi connectivity index (χ3n) is 3.48. The molecule has 2 aromatic carbocycles. The number of ether oxygens (including phenoxy) is 1. The first kappa shape index (κ1) is 17.3. The molecule has 0 saturated heterocycles. The van der Waals surface area contributed by atoms with Crippen molar-refractivity contribution in [3.05, 3.63) is 63.5 Å². The van der Waals surface area contributed by atoms with Crippen molar-refractivity contribution < 1.29 is 17.6 Å². The van der Waals surface area contributed by atoms with E-state index in [0.717, 1.165) is 0 Å². The molecule has 9 heteroatoms. The largest absolute Gasteiger partial charge is 0.497 e. The number of rotatable bonds is 5. The summed E-state index contributed by atoms with van der Waals surface area (Å²) in [6.45, 7) is 0. The molecule has 26 heavy (non-hydrogen) atoms. The summed E-state index contributed by atoms with van der Waals surface area (Å²) >= 11 is 0. The fourth-order valence-corrected chi connectivity index (χ4v) is 3.22.